The molecule has 1 unspecified atom stereocenters. The zero-order chi connectivity index (χ0) is 17.4. The van der Waals surface area contributed by atoms with Crippen LogP contribution in [0.3, 0.4) is 0 Å². The van der Waals surface area contributed by atoms with E-state index in [1.807, 2.05) is 0 Å². The van der Waals surface area contributed by atoms with Crippen LogP contribution < -0.4 is 5.32 Å². The van der Waals surface area contributed by atoms with Crippen molar-refractivity contribution in [1.82, 2.24) is 20.1 Å². The highest BCUT2D eigenvalue weighted by Gasteiger charge is 2.33. The second kappa shape index (κ2) is 8.84. The Kier molecular flexibility index (Phi) is 6.81. The third kappa shape index (κ3) is 5.07. The highest BCUT2D eigenvalue weighted by molar-refractivity contribution is 5.25. The second-order valence-corrected chi connectivity index (χ2v) is 5.99. The monoisotopic (exact) mass is 338 g/mol. The van der Waals surface area contributed by atoms with Gasteiger partial charge in [0.1, 0.15) is 29.9 Å². The molecule has 0 saturated heterocycles. The summed E-state index contributed by atoms with van der Waals surface area (Å²) in [6.45, 7) is 3.03. The third-order valence-corrected chi connectivity index (χ3v) is 3.95. The van der Waals surface area contributed by atoms with Gasteiger partial charge in [0.05, 0.1) is 6.54 Å². The molecule has 24 heavy (non-hydrogen) atoms. The Labute approximate surface area is 140 Å². The number of aliphatic hydroxyl groups is 1. The molecule has 7 heteroatoms. The van der Waals surface area contributed by atoms with Gasteiger partial charge in [-0.15, -0.1) is 0 Å². The molecule has 0 amide bonds. The first-order chi connectivity index (χ1) is 11.5. The average Bonchev–Trinajstić information content (AvgIpc) is 3.03. The molecule has 0 fully saturated rings. The molecule has 0 spiro atoms. The lowest BCUT2D eigenvalue weighted by atomic mass is 9.92. The molecule has 132 valence electrons. The van der Waals surface area contributed by atoms with Gasteiger partial charge >= 0.3 is 0 Å². The normalized spacial score (nSPS) is 13.8. The number of aromatic nitrogens is 3. The molecule has 0 bridgehead atoms. The van der Waals surface area contributed by atoms with E-state index >= 15 is 0 Å². The molecule has 0 radical (unpaired) electrons. The number of nitrogens with zero attached hydrogens (tertiary/aromatic N) is 3. The fraction of sp³-hybridized carbons (Fsp3) is 0.529. The van der Waals surface area contributed by atoms with Crippen LogP contribution in [0, 0.1) is 11.6 Å². The number of hydrogen-bond donors (Lipinski definition) is 2. The largest absolute Gasteiger partial charge is 0.382 e. The van der Waals surface area contributed by atoms with Crippen molar-refractivity contribution in [3.05, 3.63) is 48.1 Å². The van der Waals surface area contributed by atoms with Gasteiger partial charge in [0, 0.05) is 18.2 Å². The zero-order valence-electron chi connectivity index (χ0n) is 13.9. The van der Waals surface area contributed by atoms with Crippen LogP contribution in [0.15, 0.2) is 30.9 Å². The van der Waals surface area contributed by atoms with Gasteiger partial charge < -0.3 is 10.4 Å². The van der Waals surface area contributed by atoms with Crippen molar-refractivity contribution in [1.29, 1.82) is 0 Å². The molecule has 2 N–H and O–H groups in total. The zero-order valence-corrected chi connectivity index (χ0v) is 13.9. The van der Waals surface area contributed by atoms with Gasteiger partial charge in [-0.2, -0.15) is 5.10 Å². The predicted octanol–water partition coefficient (Wildman–Crippen LogP) is 2.61. The average molecular weight is 338 g/mol. The van der Waals surface area contributed by atoms with E-state index in [1.54, 1.807) is 0 Å². The van der Waals surface area contributed by atoms with Gasteiger partial charge in [-0.1, -0.05) is 32.3 Å². The van der Waals surface area contributed by atoms with Crippen molar-refractivity contribution in [2.24, 2.45) is 0 Å². The molecule has 2 rings (SSSR count). The number of rotatable bonds is 10. The minimum absolute atomic E-state index is 0.0253. The molecule has 1 atom stereocenters. The summed E-state index contributed by atoms with van der Waals surface area (Å²) in [5.74, 6) is -1.45. The summed E-state index contributed by atoms with van der Waals surface area (Å²) in [7, 11) is 0. The van der Waals surface area contributed by atoms with Crippen molar-refractivity contribution in [2.45, 2.75) is 44.8 Å². The van der Waals surface area contributed by atoms with E-state index in [1.165, 1.54) is 23.4 Å². The van der Waals surface area contributed by atoms with Crippen molar-refractivity contribution in [2.75, 3.05) is 13.1 Å². The molecular weight excluding hydrogens is 314 g/mol. The summed E-state index contributed by atoms with van der Waals surface area (Å²) < 4.78 is 28.8. The molecule has 0 saturated carbocycles. The lowest BCUT2D eigenvalue weighted by Crippen LogP contribution is -2.43. The third-order valence-electron chi connectivity index (χ3n) is 3.95. The van der Waals surface area contributed by atoms with Gasteiger partial charge in [0.2, 0.25) is 0 Å². The van der Waals surface area contributed by atoms with E-state index in [0.29, 0.717) is 0 Å². The summed E-state index contributed by atoms with van der Waals surface area (Å²) in [4.78, 5) is 3.83. The van der Waals surface area contributed by atoms with Crippen LogP contribution in [-0.4, -0.2) is 33.0 Å². The molecule has 1 aromatic heterocycles. The van der Waals surface area contributed by atoms with Crippen molar-refractivity contribution < 1.29 is 13.9 Å². The Morgan fingerprint density at radius 2 is 2.08 bits per heavy atom. The Balaban J connectivity index is 2.09. The highest BCUT2D eigenvalue weighted by Crippen LogP contribution is 2.26. The number of nitrogens with one attached hydrogen (secondary N) is 1. The Morgan fingerprint density at radius 3 is 2.75 bits per heavy atom. The standard InChI is InChI=1S/C17H24F2N4O/c1-2-3-4-5-8-20-10-17(24,11-23-13-21-12-22-23)15-7-6-14(18)9-16(15)19/h6-7,9,12-13,20,24H,2-5,8,10-11H2,1H3. The van der Waals surface area contributed by atoms with Crippen LogP contribution in [0.5, 0.6) is 0 Å². The minimum Gasteiger partial charge on any atom is -0.382 e. The molecule has 1 aromatic carbocycles. The summed E-state index contributed by atoms with van der Waals surface area (Å²) in [6, 6.07) is 3.20. The van der Waals surface area contributed by atoms with E-state index in [9.17, 15) is 13.9 Å². The van der Waals surface area contributed by atoms with E-state index in [2.05, 4.69) is 22.3 Å². The van der Waals surface area contributed by atoms with Crippen LogP contribution in [0.1, 0.15) is 38.2 Å². The van der Waals surface area contributed by atoms with Gasteiger partial charge in [-0.3, -0.25) is 0 Å². The molecule has 1 heterocycles. The van der Waals surface area contributed by atoms with E-state index in [-0.39, 0.29) is 18.7 Å². The van der Waals surface area contributed by atoms with Gasteiger partial charge in [-0.05, 0) is 19.0 Å². The smallest absolute Gasteiger partial charge is 0.137 e. The molecule has 0 aliphatic heterocycles. The lowest BCUT2D eigenvalue weighted by Gasteiger charge is -2.29. The Bertz CT molecular complexity index is 621. The SMILES string of the molecule is CCCCCCNCC(O)(Cn1cncn1)c1ccc(F)cc1F. The summed E-state index contributed by atoms with van der Waals surface area (Å²) in [5, 5.41) is 18.1. The Morgan fingerprint density at radius 1 is 1.25 bits per heavy atom. The van der Waals surface area contributed by atoms with Gasteiger partial charge in [0.25, 0.3) is 0 Å². The topological polar surface area (TPSA) is 63.0 Å². The first-order valence-corrected chi connectivity index (χ1v) is 8.26. The van der Waals surface area contributed by atoms with Crippen LogP contribution >= 0.6 is 0 Å². The first-order valence-electron chi connectivity index (χ1n) is 8.26. The molecule has 0 aliphatic rings. The number of unbranched alkanes of at least 4 members (excludes halogenated alkanes) is 3. The van der Waals surface area contributed by atoms with Gasteiger partial charge in [0.15, 0.2) is 0 Å². The highest BCUT2D eigenvalue weighted by atomic mass is 19.1. The fourth-order valence-corrected chi connectivity index (χ4v) is 2.66. The van der Waals surface area contributed by atoms with Crippen LogP contribution in [0.4, 0.5) is 8.78 Å². The molecular formula is C17H24F2N4O. The van der Waals surface area contributed by atoms with Gasteiger partial charge in [-0.25, -0.2) is 18.4 Å². The van der Waals surface area contributed by atoms with Crippen molar-refractivity contribution in [3.8, 4) is 0 Å². The maximum Gasteiger partial charge on any atom is 0.137 e. The summed E-state index contributed by atoms with van der Waals surface area (Å²) in [5.41, 5.74) is -1.50. The van der Waals surface area contributed by atoms with Crippen LogP contribution in [0.25, 0.3) is 0 Å². The fourth-order valence-electron chi connectivity index (χ4n) is 2.66. The molecule has 0 aliphatic carbocycles. The minimum atomic E-state index is -1.55. The second-order valence-electron chi connectivity index (χ2n) is 5.99. The predicted molar refractivity (Wildman–Crippen MR) is 87.3 cm³/mol. The van der Waals surface area contributed by atoms with Crippen molar-refractivity contribution >= 4 is 0 Å². The number of hydrogen-bond acceptors (Lipinski definition) is 4. The number of benzene rings is 1. The maximum atomic E-state index is 14.2. The first kappa shape index (κ1) is 18.5. The Hall–Kier alpha value is -1.86. The summed E-state index contributed by atoms with van der Waals surface area (Å²) >= 11 is 0. The maximum absolute atomic E-state index is 14.2. The van der Waals surface area contributed by atoms with E-state index in [4.69, 9.17) is 0 Å². The quantitative estimate of drug-likeness (QED) is 0.654. The lowest BCUT2D eigenvalue weighted by molar-refractivity contribution is 0.0121. The van der Waals surface area contributed by atoms with Crippen LogP contribution in [-0.2, 0) is 12.1 Å². The molecule has 2 aromatic rings. The van der Waals surface area contributed by atoms with Crippen molar-refractivity contribution in [3.63, 3.8) is 0 Å². The van der Waals surface area contributed by atoms with E-state index < -0.39 is 17.2 Å². The van der Waals surface area contributed by atoms with Crippen LogP contribution in [0.2, 0.25) is 0 Å². The van der Waals surface area contributed by atoms with E-state index in [0.717, 1.165) is 44.4 Å². The summed E-state index contributed by atoms with van der Waals surface area (Å²) in [6.07, 6.45) is 7.21. The number of halogens is 2. The molecule has 5 nitrogen and oxygen atoms in total.